The lowest BCUT2D eigenvalue weighted by atomic mass is 10.1. The third-order valence-corrected chi connectivity index (χ3v) is 4.34. The lowest BCUT2D eigenvalue weighted by molar-refractivity contribution is 0.0597. The zero-order chi connectivity index (χ0) is 13.0. The van der Waals surface area contributed by atoms with Crippen LogP contribution in [0.2, 0.25) is 0 Å². The Morgan fingerprint density at radius 2 is 2.50 bits per heavy atom. The van der Waals surface area contributed by atoms with Crippen LogP contribution in [0.25, 0.3) is 0 Å². The van der Waals surface area contributed by atoms with Crippen LogP contribution in [0.5, 0.6) is 0 Å². The smallest absolute Gasteiger partial charge is 0.339 e. The first kappa shape index (κ1) is 13.4. The first-order valence-corrected chi connectivity index (χ1v) is 7.22. The van der Waals surface area contributed by atoms with Gasteiger partial charge in [0.2, 0.25) is 0 Å². The molecule has 1 aliphatic heterocycles. The summed E-state index contributed by atoms with van der Waals surface area (Å²) in [7, 11) is 1.40. The van der Waals surface area contributed by atoms with Crippen molar-refractivity contribution in [3.05, 3.63) is 29.6 Å². The fraction of sp³-hybridized carbons (Fsp3) is 0.538. The fourth-order valence-corrected chi connectivity index (χ4v) is 3.13. The van der Waals surface area contributed by atoms with Gasteiger partial charge in [-0.05, 0) is 19.1 Å². The topological polar surface area (TPSA) is 42.4 Å². The number of hydrogen-bond donors (Lipinski definition) is 0. The van der Waals surface area contributed by atoms with E-state index in [0.717, 1.165) is 23.7 Å². The van der Waals surface area contributed by atoms with Crippen LogP contribution < -0.4 is 0 Å². The Labute approximate surface area is 112 Å². The lowest BCUT2D eigenvalue weighted by Crippen LogP contribution is -2.40. The highest BCUT2D eigenvalue weighted by Gasteiger charge is 2.21. The largest absolute Gasteiger partial charge is 0.465 e. The van der Waals surface area contributed by atoms with Crippen molar-refractivity contribution in [3.8, 4) is 0 Å². The molecule has 0 amide bonds. The van der Waals surface area contributed by atoms with Gasteiger partial charge in [-0.15, -0.1) is 0 Å². The second-order valence-corrected chi connectivity index (χ2v) is 5.53. The van der Waals surface area contributed by atoms with E-state index in [1.807, 2.05) is 11.8 Å². The van der Waals surface area contributed by atoms with Crippen LogP contribution in [0.3, 0.4) is 0 Å². The molecule has 1 unspecified atom stereocenters. The molecule has 2 heterocycles. The summed E-state index contributed by atoms with van der Waals surface area (Å²) in [6.07, 6.45) is 1.73. The summed E-state index contributed by atoms with van der Waals surface area (Å²) in [4.78, 5) is 18.4. The second kappa shape index (κ2) is 6.20. The monoisotopic (exact) mass is 266 g/mol. The van der Waals surface area contributed by atoms with E-state index in [4.69, 9.17) is 4.74 Å². The van der Waals surface area contributed by atoms with Gasteiger partial charge in [0, 0.05) is 36.8 Å². The molecule has 18 heavy (non-hydrogen) atoms. The number of rotatable bonds is 3. The minimum atomic E-state index is -0.308. The minimum absolute atomic E-state index is 0.308. The van der Waals surface area contributed by atoms with Gasteiger partial charge in [-0.25, -0.2) is 4.79 Å². The number of carbonyl (C=O) groups is 1. The van der Waals surface area contributed by atoms with E-state index in [-0.39, 0.29) is 5.97 Å². The zero-order valence-corrected chi connectivity index (χ0v) is 11.6. The number of thioether (sulfide) groups is 1. The molecule has 2 rings (SSSR count). The number of nitrogens with zero attached hydrogens (tertiary/aromatic N) is 2. The number of hydrogen-bond acceptors (Lipinski definition) is 5. The standard InChI is InChI=1S/C13H18N2O2S/c1-10-9-18-7-6-15(10)8-12-11(13(16)17-2)4-3-5-14-12/h3-5,10H,6-9H2,1-2H3. The fourth-order valence-electron chi connectivity index (χ4n) is 2.05. The van der Waals surface area contributed by atoms with Crippen molar-refractivity contribution in [2.75, 3.05) is 25.2 Å². The third kappa shape index (κ3) is 3.03. The molecule has 0 spiro atoms. The van der Waals surface area contributed by atoms with Crippen molar-refractivity contribution >= 4 is 17.7 Å². The molecule has 1 saturated heterocycles. The molecule has 1 aromatic heterocycles. The van der Waals surface area contributed by atoms with Gasteiger partial charge in [0.15, 0.2) is 0 Å². The number of esters is 1. The van der Waals surface area contributed by atoms with Crippen LogP contribution in [-0.2, 0) is 11.3 Å². The molecule has 0 aromatic carbocycles. The van der Waals surface area contributed by atoms with Crippen LogP contribution >= 0.6 is 11.8 Å². The summed E-state index contributed by atoms with van der Waals surface area (Å²) in [5, 5.41) is 0. The molecule has 5 heteroatoms. The van der Waals surface area contributed by atoms with Gasteiger partial charge in [-0.3, -0.25) is 9.88 Å². The molecule has 1 aromatic rings. The number of aromatic nitrogens is 1. The van der Waals surface area contributed by atoms with Crippen molar-refractivity contribution in [1.29, 1.82) is 0 Å². The predicted molar refractivity (Wildman–Crippen MR) is 72.8 cm³/mol. The number of methoxy groups -OCH3 is 1. The van der Waals surface area contributed by atoms with Gasteiger partial charge in [-0.2, -0.15) is 11.8 Å². The quantitative estimate of drug-likeness (QED) is 0.781. The van der Waals surface area contributed by atoms with Crippen LogP contribution in [0.4, 0.5) is 0 Å². The van der Waals surface area contributed by atoms with Gasteiger partial charge in [0.25, 0.3) is 0 Å². The summed E-state index contributed by atoms with van der Waals surface area (Å²) in [6.45, 7) is 3.98. The summed E-state index contributed by atoms with van der Waals surface area (Å²) < 4.78 is 4.79. The van der Waals surface area contributed by atoms with E-state index >= 15 is 0 Å². The van der Waals surface area contributed by atoms with Crippen LogP contribution in [0, 0.1) is 0 Å². The average Bonchev–Trinajstić information content (AvgIpc) is 2.41. The highest BCUT2D eigenvalue weighted by atomic mass is 32.2. The molecule has 0 bridgehead atoms. The van der Waals surface area contributed by atoms with Crippen molar-refractivity contribution in [2.45, 2.75) is 19.5 Å². The number of carbonyl (C=O) groups excluding carboxylic acids is 1. The summed E-state index contributed by atoms with van der Waals surface area (Å²) >= 11 is 1.98. The van der Waals surface area contributed by atoms with Gasteiger partial charge in [0.1, 0.15) is 0 Å². The Bertz CT molecular complexity index is 425. The Balaban J connectivity index is 2.15. The van der Waals surface area contributed by atoms with E-state index in [2.05, 4.69) is 16.8 Å². The molecule has 1 atom stereocenters. The van der Waals surface area contributed by atoms with Crippen molar-refractivity contribution in [2.24, 2.45) is 0 Å². The number of ether oxygens (including phenoxy) is 1. The van der Waals surface area contributed by atoms with E-state index < -0.39 is 0 Å². The Morgan fingerprint density at radius 3 is 3.22 bits per heavy atom. The second-order valence-electron chi connectivity index (χ2n) is 4.38. The summed E-state index contributed by atoms with van der Waals surface area (Å²) in [5.41, 5.74) is 1.38. The third-order valence-electron chi connectivity index (χ3n) is 3.15. The molecule has 0 radical (unpaired) electrons. The SMILES string of the molecule is COC(=O)c1cccnc1CN1CCSCC1C. The maximum absolute atomic E-state index is 11.7. The highest BCUT2D eigenvalue weighted by Crippen LogP contribution is 2.19. The van der Waals surface area contributed by atoms with E-state index in [0.29, 0.717) is 18.2 Å². The molecule has 0 saturated carbocycles. The van der Waals surface area contributed by atoms with Gasteiger partial charge < -0.3 is 4.74 Å². The molecule has 4 nitrogen and oxygen atoms in total. The van der Waals surface area contributed by atoms with Crippen LogP contribution in [0.15, 0.2) is 18.3 Å². The zero-order valence-electron chi connectivity index (χ0n) is 10.8. The van der Waals surface area contributed by atoms with E-state index in [9.17, 15) is 4.79 Å². The molecule has 98 valence electrons. The first-order valence-electron chi connectivity index (χ1n) is 6.06. The molecule has 0 aliphatic carbocycles. The lowest BCUT2D eigenvalue weighted by Gasteiger charge is -2.32. The summed E-state index contributed by atoms with van der Waals surface area (Å²) in [6, 6.07) is 4.07. The van der Waals surface area contributed by atoms with Crippen molar-refractivity contribution < 1.29 is 9.53 Å². The van der Waals surface area contributed by atoms with Gasteiger partial charge >= 0.3 is 5.97 Å². The molecule has 1 fully saturated rings. The Kier molecular flexibility index (Phi) is 4.60. The van der Waals surface area contributed by atoms with Crippen molar-refractivity contribution in [3.63, 3.8) is 0 Å². The Hall–Kier alpha value is -1.07. The maximum Gasteiger partial charge on any atom is 0.339 e. The van der Waals surface area contributed by atoms with Crippen molar-refractivity contribution in [1.82, 2.24) is 9.88 Å². The van der Waals surface area contributed by atoms with Gasteiger partial charge in [-0.1, -0.05) is 0 Å². The normalized spacial score (nSPS) is 20.7. The predicted octanol–water partition coefficient (Wildman–Crippen LogP) is 1.81. The number of pyridine rings is 1. The van der Waals surface area contributed by atoms with Crippen LogP contribution in [0.1, 0.15) is 23.0 Å². The maximum atomic E-state index is 11.7. The van der Waals surface area contributed by atoms with E-state index in [1.54, 1.807) is 18.3 Å². The molecule has 0 N–H and O–H groups in total. The summed E-state index contributed by atoms with van der Waals surface area (Å²) in [5.74, 6) is 1.97. The molecular formula is C13H18N2O2S. The van der Waals surface area contributed by atoms with Crippen LogP contribution in [-0.4, -0.2) is 47.1 Å². The van der Waals surface area contributed by atoms with Gasteiger partial charge in [0.05, 0.1) is 18.4 Å². The van der Waals surface area contributed by atoms with E-state index in [1.165, 1.54) is 7.11 Å². The molecular weight excluding hydrogens is 248 g/mol. The first-order chi connectivity index (χ1) is 8.72. The highest BCUT2D eigenvalue weighted by molar-refractivity contribution is 7.99. The Morgan fingerprint density at radius 1 is 1.67 bits per heavy atom. The molecule has 1 aliphatic rings. The minimum Gasteiger partial charge on any atom is -0.465 e. The average molecular weight is 266 g/mol.